The molecule has 1 saturated heterocycles. The second-order valence-electron chi connectivity index (χ2n) is 6.81. The number of nitrogens with one attached hydrogen (secondary N) is 1. The molecule has 138 valence electrons. The molecule has 9 heteroatoms. The molecule has 1 saturated carbocycles. The highest BCUT2D eigenvalue weighted by atomic mass is 35.5. The van der Waals surface area contributed by atoms with Gasteiger partial charge in [-0.3, -0.25) is 9.48 Å². The highest BCUT2D eigenvalue weighted by Crippen LogP contribution is 2.42. The number of sulfone groups is 1. The number of hydrogen-bond donors (Lipinski definition) is 1. The van der Waals surface area contributed by atoms with Crippen molar-refractivity contribution in [1.82, 2.24) is 9.78 Å². The lowest BCUT2D eigenvalue weighted by Crippen LogP contribution is -2.17. The van der Waals surface area contributed by atoms with Gasteiger partial charge in [0.1, 0.15) is 5.82 Å². The summed E-state index contributed by atoms with van der Waals surface area (Å²) in [5.41, 5.74) is 1.50. The fourth-order valence-corrected chi connectivity index (χ4v) is 5.11. The normalized spacial score (nSPS) is 21.7. The van der Waals surface area contributed by atoms with Gasteiger partial charge in [0, 0.05) is 17.3 Å². The first kappa shape index (κ1) is 17.5. The van der Waals surface area contributed by atoms with E-state index in [-0.39, 0.29) is 28.3 Å². The van der Waals surface area contributed by atoms with E-state index in [1.807, 2.05) is 0 Å². The van der Waals surface area contributed by atoms with E-state index in [0.717, 1.165) is 18.5 Å². The molecule has 0 spiro atoms. The van der Waals surface area contributed by atoms with Crippen LogP contribution in [0.4, 0.5) is 10.1 Å². The molecular weight excluding hydrogens is 381 g/mol. The molecule has 26 heavy (non-hydrogen) atoms. The number of aromatic nitrogens is 2. The van der Waals surface area contributed by atoms with E-state index < -0.39 is 21.6 Å². The van der Waals surface area contributed by atoms with Crippen molar-refractivity contribution in [2.75, 3.05) is 16.8 Å². The Hall–Kier alpha value is -1.93. The van der Waals surface area contributed by atoms with Crippen molar-refractivity contribution in [3.8, 4) is 0 Å². The minimum atomic E-state index is -3.05. The number of amides is 1. The van der Waals surface area contributed by atoms with Gasteiger partial charge in [-0.25, -0.2) is 12.8 Å². The Bertz CT molecular complexity index is 985. The van der Waals surface area contributed by atoms with E-state index in [0.29, 0.717) is 18.0 Å². The topological polar surface area (TPSA) is 81.1 Å². The molecule has 2 aromatic rings. The average Bonchev–Trinajstić information content (AvgIpc) is 3.22. The lowest BCUT2D eigenvalue weighted by molar-refractivity contribution is 0.102. The van der Waals surface area contributed by atoms with Crippen LogP contribution in [0, 0.1) is 5.82 Å². The SMILES string of the molecule is O=C(Nc1ccc(F)c(Cl)c1)c1cc(C2CC2)n([C@@H]2CCS(=O)(=O)C2)n1. The van der Waals surface area contributed by atoms with Crippen LogP contribution in [0.25, 0.3) is 0 Å². The zero-order chi connectivity index (χ0) is 18.5. The van der Waals surface area contributed by atoms with Gasteiger partial charge < -0.3 is 5.32 Å². The number of halogens is 2. The quantitative estimate of drug-likeness (QED) is 0.859. The average molecular weight is 398 g/mol. The molecule has 0 radical (unpaired) electrons. The fraction of sp³-hybridized carbons (Fsp3) is 0.412. The maximum absolute atomic E-state index is 13.2. The number of rotatable bonds is 4. The van der Waals surface area contributed by atoms with Crippen LogP contribution >= 0.6 is 11.6 Å². The summed E-state index contributed by atoms with van der Waals surface area (Å²) >= 11 is 5.73. The predicted molar refractivity (Wildman–Crippen MR) is 95.9 cm³/mol. The molecule has 1 aromatic carbocycles. The van der Waals surface area contributed by atoms with E-state index in [9.17, 15) is 17.6 Å². The van der Waals surface area contributed by atoms with Gasteiger partial charge >= 0.3 is 0 Å². The summed E-state index contributed by atoms with van der Waals surface area (Å²) in [6.07, 6.45) is 2.54. The number of hydrogen-bond acceptors (Lipinski definition) is 4. The molecule has 1 N–H and O–H groups in total. The Balaban J connectivity index is 1.59. The third-order valence-corrected chi connectivity index (χ3v) is 6.76. The number of carbonyl (C=O) groups is 1. The minimum Gasteiger partial charge on any atom is -0.321 e. The van der Waals surface area contributed by atoms with Crippen molar-refractivity contribution in [2.24, 2.45) is 0 Å². The van der Waals surface area contributed by atoms with Gasteiger partial charge in [-0.05, 0) is 43.5 Å². The molecule has 1 aromatic heterocycles. The van der Waals surface area contributed by atoms with Crippen LogP contribution in [0.1, 0.15) is 47.4 Å². The van der Waals surface area contributed by atoms with Crippen LogP contribution < -0.4 is 5.32 Å². The lowest BCUT2D eigenvalue weighted by Gasteiger charge is -2.12. The predicted octanol–water partition coefficient (Wildman–Crippen LogP) is 3.16. The molecule has 2 aliphatic rings. The Labute approximate surface area is 155 Å². The Kier molecular flexibility index (Phi) is 4.27. The second kappa shape index (κ2) is 6.35. The summed E-state index contributed by atoms with van der Waals surface area (Å²) in [6, 6.07) is 5.43. The van der Waals surface area contributed by atoms with Crippen molar-refractivity contribution in [1.29, 1.82) is 0 Å². The molecule has 4 rings (SSSR count). The monoisotopic (exact) mass is 397 g/mol. The summed E-state index contributed by atoms with van der Waals surface area (Å²) in [6.45, 7) is 0. The first-order chi connectivity index (χ1) is 12.3. The number of carbonyl (C=O) groups excluding carboxylic acids is 1. The van der Waals surface area contributed by atoms with E-state index >= 15 is 0 Å². The molecule has 2 fully saturated rings. The van der Waals surface area contributed by atoms with Crippen LogP contribution in [0.5, 0.6) is 0 Å². The van der Waals surface area contributed by atoms with E-state index in [1.165, 1.54) is 18.2 Å². The van der Waals surface area contributed by atoms with Crippen molar-refractivity contribution in [3.05, 3.63) is 46.5 Å². The van der Waals surface area contributed by atoms with Gasteiger partial charge in [0.05, 0.1) is 22.6 Å². The molecule has 0 bridgehead atoms. The highest BCUT2D eigenvalue weighted by Gasteiger charge is 2.36. The number of benzene rings is 1. The standard InChI is InChI=1S/C17H17ClFN3O3S/c18-13-7-11(3-4-14(13)19)20-17(23)15-8-16(10-1-2-10)22(21-15)12-5-6-26(24,25)9-12/h3-4,7-8,10,12H,1-2,5-6,9H2,(H,20,23)/t12-/m1/s1. The maximum atomic E-state index is 13.2. The van der Waals surface area contributed by atoms with Gasteiger partial charge in [0.25, 0.3) is 5.91 Å². The summed E-state index contributed by atoms with van der Waals surface area (Å²) < 4.78 is 38.5. The smallest absolute Gasteiger partial charge is 0.276 e. The zero-order valence-electron chi connectivity index (χ0n) is 13.8. The highest BCUT2D eigenvalue weighted by molar-refractivity contribution is 7.91. The van der Waals surface area contributed by atoms with Crippen molar-refractivity contribution >= 4 is 33.0 Å². The molecule has 6 nitrogen and oxygen atoms in total. The largest absolute Gasteiger partial charge is 0.321 e. The van der Waals surface area contributed by atoms with Crippen LogP contribution in [-0.4, -0.2) is 35.6 Å². The molecule has 1 aliphatic heterocycles. The first-order valence-electron chi connectivity index (χ1n) is 8.39. The molecule has 0 unspecified atom stereocenters. The van der Waals surface area contributed by atoms with Crippen LogP contribution in [0.15, 0.2) is 24.3 Å². The third kappa shape index (κ3) is 3.48. The van der Waals surface area contributed by atoms with E-state index in [1.54, 1.807) is 10.7 Å². The molecule has 1 aliphatic carbocycles. The molecule has 1 amide bonds. The van der Waals surface area contributed by atoms with Crippen LogP contribution in [0.2, 0.25) is 5.02 Å². The summed E-state index contributed by atoms with van der Waals surface area (Å²) in [4.78, 5) is 12.5. The Morgan fingerprint density at radius 2 is 2.04 bits per heavy atom. The lowest BCUT2D eigenvalue weighted by atomic mass is 10.2. The van der Waals surface area contributed by atoms with Crippen LogP contribution in [0.3, 0.4) is 0 Å². The van der Waals surface area contributed by atoms with Crippen molar-refractivity contribution in [2.45, 2.75) is 31.2 Å². The van der Waals surface area contributed by atoms with E-state index in [4.69, 9.17) is 11.6 Å². The van der Waals surface area contributed by atoms with Crippen molar-refractivity contribution in [3.63, 3.8) is 0 Å². The number of nitrogens with zero attached hydrogens (tertiary/aromatic N) is 2. The maximum Gasteiger partial charge on any atom is 0.276 e. The molecule has 2 heterocycles. The number of anilines is 1. The summed E-state index contributed by atoms with van der Waals surface area (Å²) in [5.74, 6) is -0.463. The minimum absolute atomic E-state index is 0.0586. The summed E-state index contributed by atoms with van der Waals surface area (Å²) in [7, 11) is -3.05. The fourth-order valence-electron chi connectivity index (χ4n) is 3.23. The van der Waals surface area contributed by atoms with Gasteiger partial charge in [0.15, 0.2) is 15.5 Å². The van der Waals surface area contributed by atoms with E-state index in [2.05, 4.69) is 10.4 Å². The van der Waals surface area contributed by atoms with Gasteiger partial charge in [-0.15, -0.1) is 0 Å². The molecule has 1 atom stereocenters. The third-order valence-electron chi connectivity index (χ3n) is 4.72. The first-order valence-corrected chi connectivity index (χ1v) is 10.6. The zero-order valence-corrected chi connectivity index (χ0v) is 15.4. The summed E-state index contributed by atoms with van der Waals surface area (Å²) in [5, 5.41) is 6.96. The Morgan fingerprint density at radius 1 is 1.27 bits per heavy atom. The molecular formula is C17H17ClFN3O3S. The van der Waals surface area contributed by atoms with Crippen molar-refractivity contribution < 1.29 is 17.6 Å². The Morgan fingerprint density at radius 3 is 2.65 bits per heavy atom. The van der Waals surface area contributed by atoms with Gasteiger partial charge in [-0.1, -0.05) is 11.6 Å². The second-order valence-corrected chi connectivity index (χ2v) is 9.45. The van der Waals surface area contributed by atoms with Gasteiger partial charge in [0.2, 0.25) is 0 Å². The van der Waals surface area contributed by atoms with Gasteiger partial charge in [-0.2, -0.15) is 5.10 Å². The van der Waals surface area contributed by atoms with Crippen LogP contribution in [-0.2, 0) is 9.84 Å².